The van der Waals surface area contributed by atoms with Gasteiger partial charge in [-0.1, -0.05) is 6.07 Å². The molecule has 1 aromatic heterocycles. The van der Waals surface area contributed by atoms with E-state index in [1.165, 1.54) is 49.6 Å². The van der Waals surface area contributed by atoms with Gasteiger partial charge >= 0.3 is 5.97 Å². The third-order valence-corrected chi connectivity index (χ3v) is 2.78. The molecule has 0 aliphatic rings. The molecule has 2 aromatic rings. The van der Waals surface area contributed by atoms with Crippen molar-refractivity contribution in [3.63, 3.8) is 0 Å². The van der Waals surface area contributed by atoms with Crippen LogP contribution in [-0.2, 0) is 4.79 Å². The summed E-state index contributed by atoms with van der Waals surface area (Å²) in [7, 11) is 0. The van der Waals surface area contributed by atoms with Crippen LogP contribution in [0.5, 0.6) is 0 Å². The molecule has 0 saturated carbocycles. The number of carboxylic acid groups (broad SMARTS) is 1. The molecule has 2 N–H and O–H groups in total. The summed E-state index contributed by atoms with van der Waals surface area (Å²) in [6.45, 7) is 1.25. The van der Waals surface area contributed by atoms with E-state index >= 15 is 0 Å². The maximum absolute atomic E-state index is 12.5. The second-order valence-electron chi connectivity index (χ2n) is 4.28. The lowest BCUT2D eigenvalue weighted by Crippen LogP contribution is -2.15. The van der Waals surface area contributed by atoms with E-state index in [1.807, 2.05) is 0 Å². The first kappa shape index (κ1) is 14.4. The van der Waals surface area contributed by atoms with E-state index in [9.17, 15) is 19.5 Å². The lowest BCUT2D eigenvalue weighted by atomic mass is 9.99. The number of aromatic carboxylic acids is 1. The second kappa shape index (κ2) is 5.96. The molecule has 2 rings (SSSR count). The van der Waals surface area contributed by atoms with Crippen molar-refractivity contribution in [3.8, 4) is 0 Å². The number of nitrogens with zero attached hydrogens (tertiary/aromatic N) is 1. The van der Waals surface area contributed by atoms with Crippen LogP contribution in [0.3, 0.4) is 0 Å². The lowest BCUT2D eigenvalue weighted by molar-refractivity contribution is -0.114. The summed E-state index contributed by atoms with van der Waals surface area (Å²) in [5, 5.41) is 11.6. The van der Waals surface area contributed by atoms with Crippen LogP contribution in [0.2, 0.25) is 0 Å². The van der Waals surface area contributed by atoms with E-state index in [-0.39, 0.29) is 22.6 Å². The van der Waals surface area contributed by atoms with Gasteiger partial charge in [-0.3, -0.25) is 14.6 Å². The molecule has 0 spiro atoms. The molecule has 0 fully saturated rings. The summed E-state index contributed by atoms with van der Waals surface area (Å²) in [4.78, 5) is 38.8. The Morgan fingerprint density at radius 2 is 1.67 bits per heavy atom. The lowest BCUT2D eigenvalue weighted by Gasteiger charge is -2.12. The molecule has 1 heterocycles. The molecule has 0 aliphatic heterocycles. The molecule has 0 saturated heterocycles. The summed E-state index contributed by atoms with van der Waals surface area (Å²) in [6.07, 6.45) is 2.93. The number of hydrogen-bond donors (Lipinski definition) is 2. The first-order chi connectivity index (χ1) is 10.0. The predicted octanol–water partition coefficient (Wildman–Crippen LogP) is 1.97. The zero-order valence-electron chi connectivity index (χ0n) is 11.2. The third kappa shape index (κ3) is 3.11. The van der Waals surface area contributed by atoms with Gasteiger partial charge in [-0.2, -0.15) is 0 Å². The fourth-order valence-electron chi connectivity index (χ4n) is 1.89. The topological polar surface area (TPSA) is 96.4 Å². The number of carboxylic acids is 1. The summed E-state index contributed by atoms with van der Waals surface area (Å²) < 4.78 is 0. The second-order valence-corrected chi connectivity index (χ2v) is 4.28. The Balaban J connectivity index is 2.57. The van der Waals surface area contributed by atoms with Gasteiger partial charge in [0.05, 0.1) is 11.3 Å². The molecule has 0 atom stereocenters. The SMILES string of the molecule is CC(=O)Nc1c(C(=O)O)cccc1C(=O)c1ccncc1. The molecule has 6 heteroatoms. The standard InChI is InChI=1S/C15H12N2O4/c1-9(18)17-13-11(3-2-4-12(13)15(20)21)14(19)10-5-7-16-8-6-10/h2-8H,1H3,(H,17,18)(H,20,21). The van der Waals surface area contributed by atoms with Gasteiger partial charge in [-0.25, -0.2) is 4.79 Å². The van der Waals surface area contributed by atoms with Crippen molar-refractivity contribution in [2.45, 2.75) is 6.92 Å². The van der Waals surface area contributed by atoms with Gasteiger partial charge in [0.25, 0.3) is 0 Å². The first-order valence-corrected chi connectivity index (χ1v) is 6.09. The Labute approximate surface area is 120 Å². The van der Waals surface area contributed by atoms with Crippen LogP contribution in [0.25, 0.3) is 0 Å². The first-order valence-electron chi connectivity index (χ1n) is 6.09. The molecular weight excluding hydrogens is 272 g/mol. The highest BCUT2D eigenvalue weighted by Crippen LogP contribution is 2.24. The average Bonchev–Trinajstić information content (AvgIpc) is 2.47. The Kier molecular flexibility index (Phi) is 4.08. The molecule has 1 amide bonds. The van der Waals surface area contributed by atoms with Crippen LogP contribution in [-0.4, -0.2) is 27.8 Å². The van der Waals surface area contributed by atoms with Gasteiger partial charge in [0.15, 0.2) is 5.78 Å². The van der Waals surface area contributed by atoms with Gasteiger partial charge < -0.3 is 10.4 Å². The minimum Gasteiger partial charge on any atom is -0.478 e. The largest absolute Gasteiger partial charge is 0.478 e. The number of benzene rings is 1. The fourth-order valence-corrected chi connectivity index (χ4v) is 1.89. The van der Waals surface area contributed by atoms with Gasteiger partial charge in [0, 0.05) is 30.4 Å². The average molecular weight is 284 g/mol. The van der Waals surface area contributed by atoms with Crippen molar-refractivity contribution in [3.05, 3.63) is 59.4 Å². The zero-order valence-corrected chi connectivity index (χ0v) is 11.2. The Hall–Kier alpha value is -3.02. The van der Waals surface area contributed by atoms with Crippen LogP contribution < -0.4 is 5.32 Å². The quantitative estimate of drug-likeness (QED) is 0.837. The summed E-state index contributed by atoms with van der Waals surface area (Å²) >= 11 is 0. The van der Waals surface area contributed by atoms with Crippen molar-refractivity contribution in [1.82, 2.24) is 4.98 Å². The molecule has 106 valence electrons. The van der Waals surface area contributed by atoms with Crippen molar-refractivity contribution in [2.75, 3.05) is 5.32 Å². The highest BCUT2D eigenvalue weighted by Gasteiger charge is 2.20. The van der Waals surface area contributed by atoms with E-state index in [2.05, 4.69) is 10.3 Å². The number of anilines is 1. The van der Waals surface area contributed by atoms with E-state index in [1.54, 1.807) is 0 Å². The number of rotatable bonds is 4. The molecule has 0 unspecified atom stereocenters. The number of carbonyl (C=O) groups is 3. The number of nitrogens with one attached hydrogen (secondary N) is 1. The molecular formula is C15H12N2O4. The molecule has 6 nitrogen and oxygen atoms in total. The van der Waals surface area contributed by atoms with Crippen LogP contribution in [0.1, 0.15) is 33.2 Å². The van der Waals surface area contributed by atoms with Crippen LogP contribution in [0.15, 0.2) is 42.7 Å². The minimum absolute atomic E-state index is 0.000637. The number of carbonyl (C=O) groups excluding carboxylic acids is 2. The number of amides is 1. The monoisotopic (exact) mass is 284 g/mol. The number of ketones is 1. The van der Waals surface area contributed by atoms with Gasteiger partial charge in [0.1, 0.15) is 0 Å². The minimum atomic E-state index is -1.22. The maximum Gasteiger partial charge on any atom is 0.337 e. The third-order valence-electron chi connectivity index (χ3n) is 2.78. The Morgan fingerprint density at radius 3 is 2.24 bits per heavy atom. The summed E-state index contributed by atoms with van der Waals surface area (Å²) in [5.74, 6) is -2.06. The van der Waals surface area contributed by atoms with E-state index < -0.39 is 11.9 Å². The molecule has 0 aliphatic carbocycles. The van der Waals surface area contributed by atoms with E-state index in [4.69, 9.17) is 0 Å². The van der Waals surface area contributed by atoms with Crippen LogP contribution in [0, 0.1) is 0 Å². The van der Waals surface area contributed by atoms with Crippen LogP contribution >= 0.6 is 0 Å². The van der Waals surface area contributed by atoms with Crippen molar-refractivity contribution in [1.29, 1.82) is 0 Å². The smallest absolute Gasteiger partial charge is 0.337 e. The highest BCUT2D eigenvalue weighted by atomic mass is 16.4. The molecule has 21 heavy (non-hydrogen) atoms. The Morgan fingerprint density at radius 1 is 1.05 bits per heavy atom. The summed E-state index contributed by atoms with van der Waals surface area (Å²) in [6, 6.07) is 7.31. The zero-order chi connectivity index (χ0) is 15.4. The fraction of sp³-hybridized carbons (Fsp3) is 0.0667. The predicted molar refractivity (Wildman–Crippen MR) is 75.4 cm³/mol. The van der Waals surface area contributed by atoms with Crippen molar-refractivity contribution >= 4 is 23.3 Å². The van der Waals surface area contributed by atoms with Gasteiger partial charge in [-0.15, -0.1) is 0 Å². The summed E-state index contributed by atoms with van der Waals surface area (Å²) in [5.41, 5.74) is 0.347. The molecule has 0 bridgehead atoms. The van der Waals surface area contributed by atoms with E-state index in [0.29, 0.717) is 5.56 Å². The number of hydrogen-bond acceptors (Lipinski definition) is 4. The molecule has 0 radical (unpaired) electrons. The highest BCUT2D eigenvalue weighted by molar-refractivity contribution is 6.16. The van der Waals surface area contributed by atoms with E-state index in [0.717, 1.165) is 0 Å². The number of pyridine rings is 1. The maximum atomic E-state index is 12.5. The number of aromatic nitrogens is 1. The van der Waals surface area contributed by atoms with Gasteiger partial charge in [0.2, 0.25) is 5.91 Å². The van der Waals surface area contributed by atoms with Crippen molar-refractivity contribution < 1.29 is 19.5 Å². The van der Waals surface area contributed by atoms with Crippen LogP contribution in [0.4, 0.5) is 5.69 Å². The van der Waals surface area contributed by atoms with Crippen molar-refractivity contribution in [2.24, 2.45) is 0 Å². The Bertz CT molecular complexity index is 711. The molecule has 1 aromatic carbocycles. The number of para-hydroxylation sites is 1. The normalized spacial score (nSPS) is 9.95. The van der Waals surface area contributed by atoms with Gasteiger partial charge in [-0.05, 0) is 24.3 Å².